The number of ketones is 1. The summed E-state index contributed by atoms with van der Waals surface area (Å²) in [6.45, 7) is 1.78. The number of dihydropyridines is 1. The number of esters is 1. The molecule has 1 aliphatic heterocycles. The van der Waals surface area contributed by atoms with Crippen molar-refractivity contribution in [2.75, 3.05) is 7.11 Å². The number of ether oxygens (including phenoxy) is 2. The van der Waals surface area contributed by atoms with Gasteiger partial charge in [0.25, 0.3) is 0 Å². The van der Waals surface area contributed by atoms with Crippen LogP contribution >= 0.6 is 0 Å². The van der Waals surface area contributed by atoms with Gasteiger partial charge in [0.1, 0.15) is 18.2 Å². The first-order valence-corrected chi connectivity index (χ1v) is 10.2. The Hall–Kier alpha value is -3.41. The van der Waals surface area contributed by atoms with Crippen molar-refractivity contribution in [3.05, 3.63) is 88.0 Å². The second-order valence-corrected chi connectivity index (χ2v) is 7.84. The normalized spacial score (nSPS) is 18.4. The maximum atomic E-state index is 13.3. The number of benzene rings is 2. The zero-order chi connectivity index (χ0) is 22.0. The van der Waals surface area contributed by atoms with Crippen LogP contribution in [0.15, 0.2) is 71.1 Å². The van der Waals surface area contributed by atoms with Gasteiger partial charge >= 0.3 is 5.97 Å². The lowest BCUT2D eigenvalue weighted by Gasteiger charge is -2.32. The molecule has 31 heavy (non-hydrogen) atoms. The van der Waals surface area contributed by atoms with E-state index in [0.717, 1.165) is 17.0 Å². The molecule has 1 N–H and O–H groups in total. The Balaban J connectivity index is 1.48. The van der Waals surface area contributed by atoms with Crippen molar-refractivity contribution >= 4 is 11.8 Å². The zero-order valence-electron chi connectivity index (χ0n) is 17.5. The number of para-hydroxylation sites is 1. The van der Waals surface area contributed by atoms with Gasteiger partial charge in [0.15, 0.2) is 5.78 Å². The minimum atomic E-state index is -0.500. The van der Waals surface area contributed by atoms with Crippen LogP contribution in [0, 0.1) is 5.82 Å². The first-order valence-electron chi connectivity index (χ1n) is 10.2. The molecule has 2 aromatic rings. The molecule has 0 amide bonds. The van der Waals surface area contributed by atoms with Crippen molar-refractivity contribution in [2.24, 2.45) is 0 Å². The Morgan fingerprint density at radius 1 is 1.16 bits per heavy atom. The molecule has 4 rings (SSSR count). The van der Waals surface area contributed by atoms with Crippen molar-refractivity contribution in [3.8, 4) is 5.75 Å². The lowest BCUT2D eigenvalue weighted by Crippen LogP contribution is -2.31. The summed E-state index contributed by atoms with van der Waals surface area (Å²) in [6.07, 6.45) is 1.28. The van der Waals surface area contributed by atoms with Gasteiger partial charge in [-0.3, -0.25) is 4.79 Å². The Kier molecular flexibility index (Phi) is 5.89. The lowest BCUT2D eigenvalue weighted by molar-refractivity contribution is -0.140. The Morgan fingerprint density at radius 2 is 1.97 bits per heavy atom. The lowest BCUT2D eigenvalue weighted by atomic mass is 9.78. The number of allylic oxidation sites excluding steroid dienone is 3. The van der Waals surface area contributed by atoms with E-state index in [2.05, 4.69) is 5.32 Å². The van der Waals surface area contributed by atoms with Crippen molar-refractivity contribution in [1.29, 1.82) is 0 Å². The highest BCUT2D eigenvalue weighted by Gasteiger charge is 2.34. The summed E-state index contributed by atoms with van der Waals surface area (Å²) in [5.41, 5.74) is 4.17. The van der Waals surface area contributed by atoms with E-state index < -0.39 is 5.97 Å². The van der Waals surface area contributed by atoms with E-state index >= 15 is 0 Å². The number of rotatable bonds is 5. The van der Waals surface area contributed by atoms with Crippen LogP contribution in [0.25, 0.3) is 0 Å². The van der Waals surface area contributed by atoms with Crippen LogP contribution in [-0.4, -0.2) is 18.9 Å². The predicted octanol–water partition coefficient (Wildman–Crippen LogP) is 4.55. The van der Waals surface area contributed by atoms with Crippen LogP contribution in [0.5, 0.6) is 5.75 Å². The molecule has 160 valence electrons. The summed E-state index contributed by atoms with van der Waals surface area (Å²) >= 11 is 0. The maximum Gasteiger partial charge on any atom is 0.336 e. The minimum absolute atomic E-state index is 0.0178. The number of Topliss-reactive ketones (excluding diaryl/α,β-unsaturated/α-hetero) is 1. The molecule has 2 aliphatic rings. The third-order valence-electron chi connectivity index (χ3n) is 5.81. The third kappa shape index (κ3) is 4.38. The summed E-state index contributed by atoms with van der Waals surface area (Å²) in [6, 6.07) is 13.7. The van der Waals surface area contributed by atoms with Crippen LogP contribution < -0.4 is 10.1 Å². The number of hydrogen-bond donors (Lipinski definition) is 1. The number of carbonyl (C=O) groups is 2. The third-order valence-corrected chi connectivity index (χ3v) is 5.81. The van der Waals surface area contributed by atoms with E-state index in [1.165, 1.54) is 12.1 Å². The average molecular weight is 421 g/mol. The number of halogens is 1. The SMILES string of the molecule is COc1ccccc1[C@H]1CC(=O)C2=C(C1)NC(C)=C(C(=O)OCc1cccc(F)c1)C2. The Labute approximate surface area is 180 Å². The van der Waals surface area contributed by atoms with E-state index in [1.54, 1.807) is 26.2 Å². The highest BCUT2D eigenvalue weighted by Crippen LogP contribution is 2.41. The van der Waals surface area contributed by atoms with Crippen LogP contribution in [0.1, 0.15) is 43.2 Å². The molecule has 0 spiro atoms. The molecule has 0 radical (unpaired) electrons. The molecule has 1 heterocycles. The number of hydrogen-bond acceptors (Lipinski definition) is 5. The molecule has 1 atom stereocenters. The fourth-order valence-electron chi connectivity index (χ4n) is 4.21. The van der Waals surface area contributed by atoms with E-state index in [9.17, 15) is 14.0 Å². The second kappa shape index (κ2) is 8.76. The average Bonchev–Trinajstić information content (AvgIpc) is 2.77. The summed E-state index contributed by atoms with van der Waals surface area (Å²) in [5, 5.41) is 3.26. The zero-order valence-corrected chi connectivity index (χ0v) is 17.5. The van der Waals surface area contributed by atoms with Crippen LogP contribution in [0.4, 0.5) is 4.39 Å². The van der Waals surface area contributed by atoms with E-state index in [4.69, 9.17) is 9.47 Å². The van der Waals surface area contributed by atoms with Crippen molar-refractivity contribution in [3.63, 3.8) is 0 Å². The number of nitrogens with one attached hydrogen (secondary N) is 1. The van der Waals surface area contributed by atoms with Gasteiger partial charge in [-0.1, -0.05) is 30.3 Å². The first kappa shape index (κ1) is 20.8. The molecule has 0 saturated heterocycles. The maximum absolute atomic E-state index is 13.3. The van der Waals surface area contributed by atoms with Gasteiger partial charge < -0.3 is 14.8 Å². The summed E-state index contributed by atoms with van der Waals surface area (Å²) in [7, 11) is 1.63. The number of methoxy groups -OCH3 is 1. The molecule has 1 aliphatic carbocycles. The molecular formula is C25H24FNO4. The molecule has 0 fully saturated rings. The van der Waals surface area contributed by atoms with Crippen LogP contribution in [0.3, 0.4) is 0 Å². The fraction of sp³-hybridized carbons (Fsp3) is 0.280. The quantitative estimate of drug-likeness (QED) is 0.718. The standard InChI is InChI=1S/C25H24FNO4/c1-15-20(25(29)31-14-16-6-5-7-18(26)10-16)13-21-22(27-15)11-17(12-23(21)28)19-8-3-4-9-24(19)30-2/h3-10,17,27H,11-14H2,1-2H3/t17-/m1/s1. The molecule has 0 aromatic heterocycles. The van der Waals surface area contributed by atoms with Gasteiger partial charge in [-0.25, -0.2) is 9.18 Å². The van der Waals surface area contributed by atoms with Gasteiger partial charge in [-0.05, 0) is 42.7 Å². The van der Waals surface area contributed by atoms with Gasteiger partial charge in [0, 0.05) is 35.7 Å². The van der Waals surface area contributed by atoms with E-state index in [1.807, 2.05) is 24.3 Å². The molecule has 2 aromatic carbocycles. The van der Waals surface area contributed by atoms with Gasteiger partial charge in [-0.2, -0.15) is 0 Å². The fourth-order valence-corrected chi connectivity index (χ4v) is 4.21. The molecule has 0 unspecified atom stereocenters. The van der Waals surface area contributed by atoms with Crippen LogP contribution in [-0.2, 0) is 20.9 Å². The summed E-state index contributed by atoms with van der Waals surface area (Å²) in [5.74, 6) is -0.0678. The number of carbonyl (C=O) groups excluding carboxylic acids is 2. The summed E-state index contributed by atoms with van der Waals surface area (Å²) in [4.78, 5) is 25.6. The molecule has 6 heteroatoms. The molecule has 0 saturated carbocycles. The van der Waals surface area contributed by atoms with E-state index in [-0.39, 0.29) is 30.5 Å². The first-order chi connectivity index (χ1) is 15.0. The van der Waals surface area contributed by atoms with E-state index in [0.29, 0.717) is 35.2 Å². The highest BCUT2D eigenvalue weighted by molar-refractivity contribution is 6.01. The monoisotopic (exact) mass is 421 g/mol. The molecule has 0 bridgehead atoms. The van der Waals surface area contributed by atoms with Crippen LogP contribution in [0.2, 0.25) is 0 Å². The van der Waals surface area contributed by atoms with Crippen molar-refractivity contribution in [1.82, 2.24) is 5.32 Å². The largest absolute Gasteiger partial charge is 0.496 e. The van der Waals surface area contributed by atoms with Crippen molar-refractivity contribution in [2.45, 2.75) is 38.7 Å². The van der Waals surface area contributed by atoms with Crippen molar-refractivity contribution < 1.29 is 23.5 Å². The Morgan fingerprint density at radius 3 is 2.74 bits per heavy atom. The minimum Gasteiger partial charge on any atom is -0.496 e. The summed E-state index contributed by atoms with van der Waals surface area (Å²) < 4.78 is 24.2. The molecular weight excluding hydrogens is 397 g/mol. The van der Waals surface area contributed by atoms with Gasteiger partial charge in [0.2, 0.25) is 0 Å². The molecule has 5 nitrogen and oxygen atoms in total. The smallest absolute Gasteiger partial charge is 0.336 e. The highest BCUT2D eigenvalue weighted by atomic mass is 19.1. The predicted molar refractivity (Wildman–Crippen MR) is 114 cm³/mol. The second-order valence-electron chi connectivity index (χ2n) is 7.84. The van der Waals surface area contributed by atoms with Gasteiger partial charge in [0.05, 0.1) is 12.7 Å². The Bertz CT molecular complexity index is 1100. The van der Waals surface area contributed by atoms with Gasteiger partial charge in [-0.15, -0.1) is 0 Å². The topological polar surface area (TPSA) is 64.6 Å².